The number of hydrogen-bond donors (Lipinski definition) is 0. The smallest absolute Gasteiger partial charge is 0.325 e. The lowest BCUT2D eigenvalue weighted by atomic mass is 10.3. The first-order valence-corrected chi connectivity index (χ1v) is 6.88. The maximum atomic E-state index is 11.8. The van der Waals surface area contributed by atoms with E-state index in [-0.39, 0.29) is 18.2 Å². The van der Waals surface area contributed by atoms with Gasteiger partial charge in [0.2, 0.25) is 5.91 Å². The van der Waals surface area contributed by atoms with E-state index in [2.05, 4.69) is 9.72 Å². The Balaban J connectivity index is 1.91. The van der Waals surface area contributed by atoms with Gasteiger partial charge in [0.25, 0.3) is 5.22 Å². The summed E-state index contributed by atoms with van der Waals surface area (Å²) >= 11 is 1.20. The van der Waals surface area contributed by atoms with Crippen molar-refractivity contribution in [3.63, 3.8) is 0 Å². The Morgan fingerprint density at radius 2 is 2.15 bits per heavy atom. The first-order valence-electron chi connectivity index (χ1n) is 5.89. The van der Waals surface area contributed by atoms with Crippen LogP contribution in [0.4, 0.5) is 0 Å². The highest BCUT2D eigenvalue weighted by molar-refractivity contribution is 7.99. The number of hydrogen-bond acceptors (Lipinski definition) is 6. The van der Waals surface area contributed by atoms with E-state index in [1.165, 1.54) is 23.8 Å². The average molecular weight is 294 g/mol. The number of para-hydroxylation sites is 2. The van der Waals surface area contributed by atoms with E-state index in [9.17, 15) is 9.59 Å². The largest absolute Gasteiger partial charge is 0.468 e. The minimum Gasteiger partial charge on any atom is -0.468 e. The monoisotopic (exact) mass is 294 g/mol. The first-order chi connectivity index (χ1) is 9.60. The van der Waals surface area contributed by atoms with E-state index in [0.717, 1.165) is 5.52 Å². The zero-order valence-corrected chi connectivity index (χ0v) is 12.0. The van der Waals surface area contributed by atoms with Crippen molar-refractivity contribution >= 4 is 34.7 Å². The number of esters is 1. The molecule has 106 valence electrons. The lowest BCUT2D eigenvalue weighted by Gasteiger charge is -2.14. The number of nitrogens with zero attached hydrogens (tertiary/aromatic N) is 2. The predicted molar refractivity (Wildman–Crippen MR) is 74.4 cm³/mol. The van der Waals surface area contributed by atoms with Crippen molar-refractivity contribution in [2.75, 3.05) is 26.5 Å². The number of methoxy groups -OCH3 is 1. The molecule has 7 heteroatoms. The molecule has 0 aliphatic rings. The predicted octanol–water partition coefficient (Wildman–Crippen LogP) is 1.55. The number of thioether (sulfide) groups is 1. The molecule has 0 unspecified atom stereocenters. The van der Waals surface area contributed by atoms with Crippen LogP contribution in [0.25, 0.3) is 11.1 Å². The van der Waals surface area contributed by atoms with Gasteiger partial charge in [-0.2, -0.15) is 0 Å². The molecule has 1 aromatic carbocycles. The number of rotatable bonds is 5. The highest BCUT2D eigenvalue weighted by Crippen LogP contribution is 2.23. The molecule has 1 aromatic heterocycles. The molecule has 0 fully saturated rings. The third kappa shape index (κ3) is 3.51. The number of benzene rings is 1. The van der Waals surface area contributed by atoms with Gasteiger partial charge >= 0.3 is 5.97 Å². The molecular weight excluding hydrogens is 280 g/mol. The summed E-state index contributed by atoms with van der Waals surface area (Å²) in [6, 6.07) is 7.39. The highest BCUT2D eigenvalue weighted by atomic mass is 32.2. The van der Waals surface area contributed by atoms with Crippen molar-refractivity contribution in [2.45, 2.75) is 5.22 Å². The van der Waals surface area contributed by atoms with Gasteiger partial charge in [-0.25, -0.2) is 4.98 Å². The molecule has 0 atom stereocenters. The van der Waals surface area contributed by atoms with Crippen LogP contribution in [0.2, 0.25) is 0 Å². The van der Waals surface area contributed by atoms with Gasteiger partial charge in [-0.3, -0.25) is 9.59 Å². The number of fused-ring (bicyclic) bond motifs is 1. The maximum absolute atomic E-state index is 11.8. The molecule has 0 saturated heterocycles. The van der Waals surface area contributed by atoms with Crippen LogP contribution in [-0.4, -0.2) is 48.2 Å². The summed E-state index contributed by atoms with van der Waals surface area (Å²) in [7, 11) is 2.83. The molecule has 0 aliphatic carbocycles. The van der Waals surface area contributed by atoms with E-state index in [1.54, 1.807) is 7.05 Å². The van der Waals surface area contributed by atoms with E-state index in [4.69, 9.17) is 4.42 Å². The van der Waals surface area contributed by atoms with Crippen molar-refractivity contribution in [1.82, 2.24) is 9.88 Å². The normalized spacial score (nSPS) is 10.5. The van der Waals surface area contributed by atoms with Crippen molar-refractivity contribution in [2.24, 2.45) is 0 Å². The topological polar surface area (TPSA) is 72.6 Å². The summed E-state index contributed by atoms with van der Waals surface area (Å²) in [4.78, 5) is 28.4. The molecule has 1 amide bonds. The van der Waals surface area contributed by atoms with Crippen LogP contribution in [0.15, 0.2) is 33.9 Å². The molecule has 0 spiro atoms. The summed E-state index contributed by atoms with van der Waals surface area (Å²) < 4.78 is 9.99. The first kappa shape index (κ1) is 14.4. The number of carbonyl (C=O) groups excluding carboxylic acids is 2. The fraction of sp³-hybridized carbons (Fsp3) is 0.308. The second-order valence-electron chi connectivity index (χ2n) is 4.06. The van der Waals surface area contributed by atoms with Gasteiger partial charge in [0, 0.05) is 7.05 Å². The van der Waals surface area contributed by atoms with Gasteiger partial charge in [0.15, 0.2) is 5.58 Å². The molecule has 0 aliphatic heterocycles. The molecule has 0 saturated carbocycles. The molecule has 2 aromatic rings. The second kappa shape index (κ2) is 6.42. The maximum Gasteiger partial charge on any atom is 0.325 e. The van der Waals surface area contributed by atoms with Crippen molar-refractivity contribution < 1.29 is 18.7 Å². The lowest BCUT2D eigenvalue weighted by molar-refractivity contribution is -0.145. The Morgan fingerprint density at radius 3 is 2.85 bits per heavy atom. The summed E-state index contributed by atoms with van der Waals surface area (Å²) in [5, 5.41) is 0.436. The van der Waals surface area contributed by atoms with Crippen molar-refractivity contribution in [3.05, 3.63) is 24.3 Å². The number of carbonyl (C=O) groups is 2. The average Bonchev–Trinajstić information content (AvgIpc) is 2.87. The molecule has 0 bridgehead atoms. The Labute approximate surface area is 120 Å². The Morgan fingerprint density at radius 1 is 1.40 bits per heavy atom. The van der Waals surface area contributed by atoms with E-state index in [1.807, 2.05) is 24.3 Å². The molecule has 0 radical (unpaired) electrons. The van der Waals surface area contributed by atoms with Crippen LogP contribution in [0.5, 0.6) is 0 Å². The van der Waals surface area contributed by atoms with Crippen LogP contribution in [0.1, 0.15) is 0 Å². The van der Waals surface area contributed by atoms with Gasteiger partial charge in [-0.1, -0.05) is 23.9 Å². The highest BCUT2D eigenvalue weighted by Gasteiger charge is 2.15. The standard InChI is InChI=1S/C13H14N2O4S/c1-15(7-12(17)18-2)11(16)8-20-13-14-9-5-3-4-6-10(9)19-13/h3-6H,7-8H2,1-2H3. The fourth-order valence-corrected chi connectivity index (χ4v) is 2.27. The van der Waals surface area contributed by atoms with Crippen LogP contribution < -0.4 is 0 Å². The zero-order valence-electron chi connectivity index (χ0n) is 11.2. The molecule has 2 rings (SSSR count). The number of oxazole rings is 1. The number of ether oxygens (including phenoxy) is 1. The zero-order chi connectivity index (χ0) is 14.5. The molecule has 6 nitrogen and oxygen atoms in total. The van der Waals surface area contributed by atoms with Crippen molar-refractivity contribution in [3.8, 4) is 0 Å². The lowest BCUT2D eigenvalue weighted by Crippen LogP contribution is -2.33. The van der Waals surface area contributed by atoms with Crippen LogP contribution in [0, 0.1) is 0 Å². The quantitative estimate of drug-likeness (QED) is 0.615. The minimum atomic E-state index is -0.451. The number of likely N-dealkylation sites (N-methyl/N-ethyl adjacent to an activating group) is 1. The Bertz CT molecular complexity index is 593. The van der Waals surface area contributed by atoms with Gasteiger partial charge in [0.05, 0.1) is 12.9 Å². The number of aromatic nitrogens is 1. The minimum absolute atomic E-state index is 0.0660. The SMILES string of the molecule is COC(=O)CN(C)C(=O)CSc1nc2ccccc2o1. The molecular formula is C13H14N2O4S. The number of amides is 1. The van der Waals surface area contributed by atoms with E-state index in [0.29, 0.717) is 10.8 Å². The van der Waals surface area contributed by atoms with Gasteiger partial charge in [-0.15, -0.1) is 0 Å². The molecule has 1 heterocycles. The Hall–Kier alpha value is -2.02. The van der Waals surface area contributed by atoms with Crippen LogP contribution >= 0.6 is 11.8 Å². The van der Waals surface area contributed by atoms with Gasteiger partial charge in [-0.05, 0) is 12.1 Å². The molecule has 20 heavy (non-hydrogen) atoms. The third-order valence-corrected chi connectivity index (χ3v) is 3.43. The van der Waals surface area contributed by atoms with E-state index >= 15 is 0 Å². The summed E-state index contributed by atoms with van der Waals surface area (Å²) in [5.74, 6) is -0.490. The van der Waals surface area contributed by atoms with E-state index < -0.39 is 5.97 Å². The Kier molecular flexibility index (Phi) is 4.62. The van der Waals surface area contributed by atoms with Crippen LogP contribution in [-0.2, 0) is 14.3 Å². The summed E-state index contributed by atoms with van der Waals surface area (Å²) in [5.41, 5.74) is 1.44. The third-order valence-electron chi connectivity index (χ3n) is 2.61. The molecule has 0 N–H and O–H groups in total. The summed E-state index contributed by atoms with van der Waals surface area (Å²) in [6.45, 7) is -0.0660. The van der Waals surface area contributed by atoms with Gasteiger partial charge in [0.1, 0.15) is 12.1 Å². The van der Waals surface area contributed by atoms with Crippen molar-refractivity contribution in [1.29, 1.82) is 0 Å². The van der Waals surface area contributed by atoms with Gasteiger partial charge < -0.3 is 14.1 Å². The summed E-state index contributed by atoms with van der Waals surface area (Å²) in [6.07, 6.45) is 0. The fourth-order valence-electron chi connectivity index (χ4n) is 1.49. The second-order valence-corrected chi connectivity index (χ2v) is 4.99. The van der Waals surface area contributed by atoms with Crippen LogP contribution in [0.3, 0.4) is 0 Å².